The van der Waals surface area contributed by atoms with E-state index < -0.39 is 0 Å². The van der Waals surface area contributed by atoms with Crippen LogP contribution in [0, 0.1) is 13.8 Å². The Balaban J connectivity index is 1.87. The Morgan fingerprint density at radius 1 is 1.62 bits per heavy atom. The molecule has 1 unspecified atom stereocenters. The van der Waals surface area contributed by atoms with Crippen molar-refractivity contribution in [3.63, 3.8) is 0 Å². The molecule has 0 spiro atoms. The summed E-state index contributed by atoms with van der Waals surface area (Å²) in [5, 5.41) is 3.94. The number of aromatic nitrogens is 1. The summed E-state index contributed by atoms with van der Waals surface area (Å²) in [6.45, 7) is 5.22. The van der Waals surface area contributed by atoms with Gasteiger partial charge in [-0.1, -0.05) is 0 Å². The maximum absolute atomic E-state index is 11.7. The molecule has 2 rings (SSSR count). The van der Waals surface area contributed by atoms with Crippen LogP contribution >= 0.6 is 11.3 Å². The van der Waals surface area contributed by atoms with Crippen LogP contribution in [0.1, 0.15) is 28.4 Å². The fourth-order valence-electron chi connectivity index (χ4n) is 1.80. The van der Waals surface area contributed by atoms with Crippen molar-refractivity contribution < 1.29 is 9.53 Å². The van der Waals surface area contributed by atoms with Gasteiger partial charge in [0.05, 0.1) is 17.2 Å². The minimum atomic E-state index is -0.241. The van der Waals surface area contributed by atoms with Crippen LogP contribution in [0.3, 0.4) is 0 Å². The lowest BCUT2D eigenvalue weighted by Gasteiger charge is -2.09. The number of carbonyl (C=O) groups is 1. The molecule has 16 heavy (non-hydrogen) atoms. The Morgan fingerprint density at radius 2 is 2.44 bits per heavy atom. The molecule has 1 N–H and O–H groups in total. The number of hydrogen-bond donors (Lipinski definition) is 1. The molecule has 0 aliphatic carbocycles. The van der Waals surface area contributed by atoms with Crippen molar-refractivity contribution in [1.29, 1.82) is 0 Å². The van der Waals surface area contributed by atoms with E-state index in [1.807, 2.05) is 13.8 Å². The highest BCUT2D eigenvalue weighted by molar-refractivity contribution is 7.11. The molecule has 0 radical (unpaired) electrons. The molecule has 0 bridgehead atoms. The summed E-state index contributed by atoms with van der Waals surface area (Å²) in [4.78, 5) is 17.1. The number of amides is 1. The summed E-state index contributed by atoms with van der Waals surface area (Å²) in [5.41, 5.74) is 1.01. The summed E-state index contributed by atoms with van der Waals surface area (Å²) in [6.07, 6.45) is 1.58. The topological polar surface area (TPSA) is 51.2 Å². The molecule has 1 aliphatic rings. The minimum Gasteiger partial charge on any atom is -0.368 e. The van der Waals surface area contributed by atoms with Crippen molar-refractivity contribution in [1.82, 2.24) is 10.3 Å². The molecule has 5 heteroatoms. The second kappa shape index (κ2) is 4.93. The number of nitrogens with one attached hydrogen (secondary N) is 1. The first-order valence-electron chi connectivity index (χ1n) is 5.49. The first-order valence-corrected chi connectivity index (χ1v) is 6.30. The van der Waals surface area contributed by atoms with E-state index in [0.29, 0.717) is 13.2 Å². The van der Waals surface area contributed by atoms with Crippen molar-refractivity contribution in [2.45, 2.75) is 39.3 Å². The monoisotopic (exact) mass is 240 g/mol. The number of aryl methyl sites for hydroxylation is 2. The van der Waals surface area contributed by atoms with E-state index in [9.17, 15) is 4.79 Å². The van der Waals surface area contributed by atoms with Crippen LogP contribution in [0.15, 0.2) is 0 Å². The Kier molecular flexibility index (Phi) is 3.56. The third-order valence-electron chi connectivity index (χ3n) is 2.64. The van der Waals surface area contributed by atoms with Crippen LogP contribution in [0.25, 0.3) is 0 Å². The minimum absolute atomic E-state index is 0.00273. The van der Waals surface area contributed by atoms with Crippen molar-refractivity contribution in [2.24, 2.45) is 0 Å². The highest BCUT2D eigenvalue weighted by Crippen LogP contribution is 2.17. The second-order valence-corrected chi connectivity index (χ2v) is 5.25. The Labute approximate surface area is 99.0 Å². The number of rotatable bonds is 3. The fourth-order valence-corrected chi connectivity index (χ4v) is 2.68. The van der Waals surface area contributed by atoms with Gasteiger partial charge in [0.2, 0.25) is 5.91 Å². The molecule has 2 heterocycles. The number of thiazole rings is 1. The van der Waals surface area contributed by atoms with Crippen molar-refractivity contribution >= 4 is 17.2 Å². The maximum atomic E-state index is 11.7. The smallest absolute Gasteiger partial charge is 0.249 e. The zero-order valence-corrected chi connectivity index (χ0v) is 10.4. The van der Waals surface area contributed by atoms with Gasteiger partial charge in [-0.3, -0.25) is 4.79 Å². The van der Waals surface area contributed by atoms with Gasteiger partial charge in [0.15, 0.2) is 0 Å². The molecule has 88 valence electrons. The number of ether oxygens (including phenoxy) is 1. The molecule has 4 nitrogen and oxygen atoms in total. The first-order chi connectivity index (χ1) is 7.66. The Bertz CT molecular complexity index is 383. The van der Waals surface area contributed by atoms with E-state index in [1.165, 1.54) is 0 Å². The molecule has 1 aromatic rings. The van der Waals surface area contributed by atoms with Crippen LogP contribution in [-0.2, 0) is 16.1 Å². The Morgan fingerprint density at radius 3 is 3.00 bits per heavy atom. The van der Waals surface area contributed by atoms with Gasteiger partial charge in [-0.25, -0.2) is 4.98 Å². The molecule has 1 fully saturated rings. The molecule has 0 aromatic carbocycles. The summed E-state index contributed by atoms with van der Waals surface area (Å²) in [6, 6.07) is 0. The molecule has 1 aromatic heterocycles. The van der Waals surface area contributed by atoms with Gasteiger partial charge < -0.3 is 10.1 Å². The van der Waals surface area contributed by atoms with E-state index in [2.05, 4.69) is 10.3 Å². The lowest BCUT2D eigenvalue weighted by molar-refractivity contribution is -0.130. The van der Waals surface area contributed by atoms with Crippen LogP contribution in [0.4, 0.5) is 0 Å². The number of hydrogen-bond acceptors (Lipinski definition) is 4. The van der Waals surface area contributed by atoms with Gasteiger partial charge >= 0.3 is 0 Å². The van der Waals surface area contributed by atoms with Crippen LogP contribution in [0.2, 0.25) is 0 Å². The van der Waals surface area contributed by atoms with Crippen LogP contribution in [-0.4, -0.2) is 23.6 Å². The SMILES string of the molecule is Cc1nc(C)c(CNC(=O)C2CCCO2)s1. The molecule has 1 aliphatic heterocycles. The van der Waals surface area contributed by atoms with Crippen molar-refractivity contribution in [3.8, 4) is 0 Å². The van der Waals surface area contributed by atoms with Crippen molar-refractivity contribution in [3.05, 3.63) is 15.6 Å². The summed E-state index contributed by atoms with van der Waals surface area (Å²) in [5.74, 6) is 0.00273. The van der Waals surface area contributed by atoms with E-state index >= 15 is 0 Å². The Hall–Kier alpha value is -0.940. The van der Waals surface area contributed by atoms with Gasteiger partial charge in [-0.2, -0.15) is 0 Å². The number of nitrogens with zero attached hydrogens (tertiary/aromatic N) is 1. The molecule has 1 amide bonds. The normalized spacial score (nSPS) is 20.0. The van der Waals surface area contributed by atoms with E-state index in [1.54, 1.807) is 11.3 Å². The van der Waals surface area contributed by atoms with Gasteiger partial charge in [0.1, 0.15) is 6.10 Å². The van der Waals surface area contributed by atoms with E-state index in [4.69, 9.17) is 4.74 Å². The lowest BCUT2D eigenvalue weighted by atomic mass is 10.2. The predicted octanol–water partition coefficient (Wildman–Crippen LogP) is 1.56. The largest absolute Gasteiger partial charge is 0.368 e. The lowest BCUT2D eigenvalue weighted by Crippen LogP contribution is -2.33. The molecule has 0 saturated carbocycles. The predicted molar refractivity (Wildman–Crippen MR) is 62.4 cm³/mol. The zero-order chi connectivity index (χ0) is 11.5. The summed E-state index contributed by atoms with van der Waals surface area (Å²) in [7, 11) is 0. The van der Waals surface area contributed by atoms with Gasteiger partial charge in [-0.15, -0.1) is 11.3 Å². The van der Waals surface area contributed by atoms with Crippen molar-refractivity contribution in [2.75, 3.05) is 6.61 Å². The third-order valence-corrected chi connectivity index (χ3v) is 3.72. The second-order valence-electron chi connectivity index (χ2n) is 3.96. The molecule has 1 atom stereocenters. The molecule has 1 saturated heterocycles. The van der Waals surface area contributed by atoms with Gasteiger partial charge in [0, 0.05) is 11.5 Å². The van der Waals surface area contributed by atoms with Crippen LogP contribution < -0.4 is 5.32 Å². The summed E-state index contributed by atoms with van der Waals surface area (Å²) >= 11 is 1.63. The fraction of sp³-hybridized carbons (Fsp3) is 0.636. The van der Waals surface area contributed by atoms with Crippen LogP contribution in [0.5, 0.6) is 0 Å². The average Bonchev–Trinajstić information content (AvgIpc) is 2.84. The van der Waals surface area contributed by atoms with Gasteiger partial charge in [-0.05, 0) is 26.7 Å². The highest BCUT2D eigenvalue weighted by Gasteiger charge is 2.23. The highest BCUT2D eigenvalue weighted by atomic mass is 32.1. The molecular weight excluding hydrogens is 224 g/mol. The maximum Gasteiger partial charge on any atom is 0.249 e. The van der Waals surface area contributed by atoms with Gasteiger partial charge in [0.25, 0.3) is 0 Å². The zero-order valence-electron chi connectivity index (χ0n) is 9.58. The quantitative estimate of drug-likeness (QED) is 0.872. The standard InChI is InChI=1S/C11H16N2O2S/c1-7-10(16-8(2)13-7)6-12-11(14)9-4-3-5-15-9/h9H,3-6H2,1-2H3,(H,12,14). The number of carbonyl (C=O) groups excluding carboxylic acids is 1. The third kappa shape index (κ3) is 2.59. The summed E-state index contributed by atoms with van der Waals surface area (Å²) < 4.78 is 5.31. The van der Waals surface area contributed by atoms with E-state index in [0.717, 1.165) is 28.4 Å². The van der Waals surface area contributed by atoms with E-state index in [-0.39, 0.29) is 12.0 Å². The average molecular weight is 240 g/mol. The molecular formula is C11H16N2O2S. The first kappa shape index (κ1) is 11.5.